The quantitative estimate of drug-likeness (QED) is 0.824. The number of benzene rings is 1. The summed E-state index contributed by atoms with van der Waals surface area (Å²) in [5.41, 5.74) is -3.75. The zero-order valence-electron chi connectivity index (χ0n) is 11.3. The highest BCUT2D eigenvalue weighted by Gasteiger charge is 2.75. The van der Waals surface area contributed by atoms with E-state index in [-0.39, 0.29) is 24.2 Å². The Balaban J connectivity index is 2.34. The molecule has 2 amide bonds. The fourth-order valence-corrected chi connectivity index (χ4v) is 3.31. The second kappa shape index (κ2) is 3.80. The van der Waals surface area contributed by atoms with Crippen LogP contribution in [0.1, 0.15) is 29.8 Å². The number of hydrogen-bond acceptors (Lipinski definition) is 4. The molecule has 1 fully saturated rings. The fraction of sp³-hybridized carbons (Fsp3) is 0.429. The summed E-state index contributed by atoms with van der Waals surface area (Å²) in [7, 11) is 0. The fourth-order valence-electron chi connectivity index (χ4n) is 3.31. The van der Waals surface area contributed by atoms with Gasteiger partial charge in [-0.2, -0.15) is 0 Å². The minimum Gasteiger partial charge on any atom is -0.362 e. The van der Waals surface area contributed by atoms with E-state index < -0.39 is 23.3 Å². The molecule has 2 atom stereocenters. The maximum atomic E-state index is 12.6. The number of rotatable bonds is 2. The number of carbonyl (C=O) groups excluding carboxylic acids is 2. The summed E-state index contributed by atoms with van der Waals surface area (Å²) < 4.78 is 0. The molecular weight excluding hydrogens is 260 g/mol. The minimum absolute atomic E-state index is 0.133. The van der Waals surface area contributed by atoms with Crippen LogP contribution in [0.15, 0.2) is 24.3 Å². The van der Waals surface area contributed by atoms with Crippen LogP contribution in [0, 0.1) is 0 Å². The Kier molecular flexibility index (Phi) is 2.49. The van der Waals surface area contributed by atoms with Crippen LogP contribution in [0.2, 0.25) is 0 Å². The van der Waals surface area contributed by atoms with Gasteiger partial charge >= 0.3 is 6.03 Å². The van der Waals surface area contributed by atoms with Gasteiger partial charge in [0.15, 0.2) is 0 Å². The third-order valence-electron chi connectivity index (χ3n) is 4.23. The molecule has 20 heavy (non-hydrogen) atoms. The van der Waals surface area contributed by atoms with E-state index in [1.807, 2.05) is 0 Å². The van der Waals surface area contributed by atoms with E-state index in [1.165, 1.54) is 0 Å². The average Bonchev–Trinajstić information content (AvgIpc) is 2.73. The molecule has 1 saturated heterocycles. The summed E-state index contributed by atoms with van der Waals surface area (Å²) in [5.74, 6) is -0.637. The van der Waals surface area contributed by atoms with Crippen LogP contribution in [-0.2, 0) is 5.72 Å². The van der Waals surface area contributed by atoms with E-state index in [0.717, 1.165) is 9.80 Å². The predicted octanol–water partition coefficient (Wildman–Crippen LogP) is 0.494. The summed E-state index contributed by atoms with van der Waals surface area (Å²) in [6.45, 7) is 3.68. The Bertz CT molecular complexity index is 617. The van der Waals surface area contributed by atoms with Gasteiger partial charge in [-0.15, -0.1) is 0 Å². The number of hydrogen-bond donors (Lipinski definition) is 2. The van der Waals surface area contributed by atoms with E-state index >= 15 is 0 Å². The maximum Gasteiger partial charge on any atom is 0.325 e. The van der Waals surface area contributed by atoms with Crippen LogP contribution in [0.3, 0.4) is 0 Å². The first-order chi connectivity index (χ1) is 9.44. The monoisotopic (exact) mass is 276 g/mol. The Morgan fingerprint density at radius 3 is 2.15 bits per heavy atom. The Hall–Kier alpha value is -1.92. The summed E-state index contributed by atoms with van der Waals surface area (Å²) in [6.07, 6.45) is 0. The molecule has 6 nitrogen and oxygen atoms in total. The molecule has 2 aliphatic rings. The summed E-state index contributed by atoms with van der Waals surface area (Å²) in [6, 6.07) is 5.92. The molecule has 0 aromatic heterocycles. The lowest BCUT2D eigenvalue weighted by Gasteiger charge is -2.36. The Morgan fingerprint density at radius 2 is 1.55 bits per heavy atom. The number of Topliss-reactive ketones (excluding diaryl/α,β-unsaturated/α-hetero) is 1. The molecule has 2 N–H and O–H groups in total. The van der Waals surface area contributed by atoms with Gasteiger partial charge in [0.2, 0.25) is 11.5 Å². The summed E-state index contributed by atoms with van der Waals surface area (Å²) >= 11 is 0. The number of likely N-dealkylation sites (N-methyl/N-ethyl adjacent to an activating group) is 2. The lowest BCUT2D eigenvalue weighted by molar-refractivity contribution is -0.199. The number of ketones is 1. The van der Waals surface area contributed by atoms with E-state index in [2.05, 4.69) is 0 Å². The third-order valence-corrected chi connectivity index (χ3v) is 4.23. The van der Waals surface area contributed by atoms with E-state index in [1.54, 1.807) is 38.1 Å². The number of aliphatic hydroxyl groups is 2. The van der Waals surface area contributed by atoms with Gasteiger partial charge in [-0.25, -0.2) is 4.79 Å². The van der Waals surface area contributed by atoms with Gasteiger partial charge in [-0.1, -0.05) is 24.3 Å². The van der Waals surface area contributed by atoms with Crippen molar-refractivity contribution < 1.29 is 19.8 Å². The van der Waals surface area contributed by atoms with Crippen molar-refractivity contribution in [1.82, 2.24) is 9.80 Å². The smallest absolute Gasteiger partial charge is 0.325 e. The van der Waals surface area contributed by atoms with Crippen molar-refractivity contribution in [2.24, 2.45) is 0 Å². The first-order valence-electron chi connectivity index (χ1n) is 6.62. The van der Waals surface area contributed by atoms with Crippen LogP contribution < -0.4 is 0 Å². The number of nitrogens with zero attached hydrogens (tertiary/aromatic N) is 2. The van der Waals surface area contributed by atoms with Crippen LogP contribution in [0.5, 0.6) is 0 Å². The van der Waals surface area contributed by atoms with Crippen molar-refractivity contribution >= 4 is 11.8 Å². The van der Waals surface area contributed by atoms with Gasteiger partial charge in [0.05, 0.1) is 0 Å². The van der Waals surface area contributed by atoms with Gasteiger partial charge in [-0.3, -0.25) is 14.6 Å². The molecule has 0 radical (unpaired) electrons. The average molecular weight is 276 g/mol. The predicted molar refractivity (Wildman–Crippen MR) is 69.8 cm³/mol. The van der Waals surface area contributed by atoms with Crippen LogP contribution in [-0.4, -0.2) is 50.6 Å². The minimum atomic E-state index is -2.25. The van der Waals surface area contributed by atoms with E-state index in [9.17, 15) is 19.8 Å². The van der Waals surface area contributed by atoms with E-state index in [4.69, 9.17) is 0 Å². The highest BCUT2D eigenvalue weighted by atomic mass is 16.4. The van der Waals surface area contributed by atoms with Crippen molar-refractivity contribution in [3.8, 4) is 0 Å². The van der Waals surface area contributed by atoms with Crippen molar-refractivity contribution in [2.45, 2.75) is 25.3 Å². The van der Waals surface area contributed by atoms with Crippen molar-refractivity contribution in [3.05, 3.63) is 35.4 Å². The maximum absolute atomic E-state index is 12.6. The van der Waals surface area contributed by atoms with Crippen molar-refractivity contribution in [1.29, 1.82) is 0 Å². The molecule has 0 bridgehead atoms. The normalized spacial score (nSPS) is 31.8. The number of amides is 2. The SMILES string of the molecule is CCN1C(=O)N(CC)[C@@]2(O)c3ccccc3C(=O)[C@]12O. The third kappa shape index (κ3) is 1.08. The standard InChI is InChI=1S/C14H16N2O4/c1-3-15-12(18)16(4-2)14(20)11(17)9-7-5-6-8-10(9)13(14,15)19/h5-8,19-20H,3-4H2,1-2H3/t13-,14-/m1/s1. The molecule has 1 aliphatic carbocycles. The molecule has 1 aromatic rings. The largest absolute Gasteiger partial charge is 0.362 e. The Labute approximate surface area is 116 Å². The van der Waals surface area contributed by atoms with Gasteiger partial charge in [-0.05, 0) is 13.8 Å². The molecule has 0 saturated carbocycles. The molecule has 1 aromatic carbocycles. The summed E-state index contributed by atoms with van der Waals surface area (Å²) in [4.78, 5) is 27.0. The first-order valence-corrected chi connectivity index (χ1v) is 6.62. The summed E-state index contributed by atoms with van der Waals surface area (Å²) in [5, 5.41) is 21.9. The molecule has 0 unspecified atom stereocenters. The van der Waals surface area contributed by atoms with Crippen LogP contribution in [0.4, 0.5) is 4.79 Å². The van der Waals surface area contributed by atoms with E-state index in [0.29, 0.717) is 0 Å². The topological polar surface area (TPSA) is 81.1 Å². The van der Waals surface area contributed by atoms with Gasteiger partial charge in [0, 0.05) is 24.2 Å². The second-order valence-corrected chi connectivity index (χ2v) is 4.99. The first kappa shape index (κ1) is 13.1. The molecule has 1 heterocycles. The number of carbonyl (C=O) groups is 2. The molecule has 1 aliphatic heterocycles. The Morgan fingerprint density at radius 1 is 1.00 bits per heavy atom. The molecule has 106 valence electrons. The molecule has 3 rings (SSSR count). The zero-order valence-corrected chi connectivity index (χ0v) is 11.3. The van der Waals surface area contributed by atoms with Crippen LogP contribution in [0.25, 0.3) is 0 Å². The van der Waals surface area contributed by atoms with Gasteiger partial charge < -0.3 is 10.2 Å². The molecule has 6 heteroatoms. The lowest BCUT2D eigenvalue weighted by Crippen LogP contribution is -2.60. The number of urea groups is 1. The van der Waals surface area contributed by atoms with Crippen LogP contribution >= 0.6 is 0 Å². The molecule has 0 spiro atoms. The van der Waals surface area contributed by atoms with Crippen molar-refractivity contribution in [3.63, 3.8) is 0 Å². The highest BCUT2D eigenvalue weighted by Crippen LogP contribution is 2.52. The molecular formula is C14H16N2O4. The van der Waals surface area contributed by atoms with Crippen molar-refractivity contribution in [2.75, 3.05) is 13.1 Å². The lowest BCUT2D eigenvalue weighted by atomic mass is 9.98. The zero-order chi connectivity index (χ0) is 14.7. The van der Waals surface area contributed by atoms with Gasteiger partial charge in [0.25, 0.3) is 5.72 Å². The second-order valence-electron chi connectivity index (χ2n) is 4.99. The number of fused-ring (bicyclic) bond motifs is 3. The van der Waals surface area contributed by atoms with Gasteiger partial charge in [0.1, 0.15) is 0 Å². The highest BCUT2D eigenvalue weighted by molar-refractivity contribution is 6.11.